The minimum absolute atomic E-state index is 0.387. The Morgan fingerprint density at radius 2 is 1.85 bits per heavy atom. The highest BCUT2D eigenvalue weighted by Gasteiger charge is 2.00. The summed E-state index contributed by atoms with van der Waals surface area (Å²) in [5.74, 6) is 0. The summed E-state index contributed by atoms with van der Waals surface area (Å²) < 4.78 is 0. The van der Waals surface area contributed by atoms with Gasteiger partial charge in [-0.15, -0.1) is 0 Å². The molecule has 0 heterocycles. The third-order valence-electron chi connectivity index (χ3n) is 1.57. The largest absolute Gasteiger partial charge is 0.383 e. The van der Waals surface area contributed by atoms with Crippen molar-refractivity contribution in [2.75, 3.05) is 5.32 Å². The summed E-state index contributed by atoms with van der Waals surface area (Å²) in [5.41, 5.74) is 1.52. The third-order valence-corrected chi connectivity index (χ3v) is 1.79. The van der Waals surface area contributed by atoms with Crippen LogP contribution in [0.3, 0.4) is 0 Å². The van der Waals surface area contributed by atoms with Gasteiger partial charge in [-0.3, -0.25) is 4.79 Å². The van der Waals surface area contributed by atoms with Gasteiger partial charge in [0.15, 0.2) is 0 Å². The molecule has 1 aromatic rings. The first-order chi connectivity index (χ1) is 6.09. The van der Waals surface area contributed by atoms with Crippen molar-refractivity contribution in [3.63, 3.8) is 0 Å². The highest BCUT2D eigenvalue weighted by molar-refractivity contribution is 6.67. The van der Waals surface area contributed by atoms with E-state index in [1.807, 2.05) is 12.1 Å². The molecule has 1 aromatic carbocycles. The average Bonchev–Trinajstić information content (AvgIpc) is 2.04. The molecule has 0 bridgehead atoms. The van der Waals surface area contributed by atoms with Crippen molar-refractivity contribution in [3.05, 3.63) is 29.8 Å². The minimum Gasteiger partial charge on any atom is -0.383 e. The van der Waals surface area contributed by atoms with Crippen molar-refractivity contribution in [3.8, 4) is 0 Å². The lowest BCUT2D eigenvalue weighted by Crippen LogP contribution is -2.09. The van der Waals surface area contributed by atoms with Gasteiger partial charge in [0.1, 0.15) is 0 Å². The number of anilines is 1. The molecule has 0 atom stereocenters. The summed E-state index contributed by atoms with van der Waals surface area (Å²) in [6.07, 6.45) is 0. The van der Waals surface area contributed by atoms with Gasteiger partial charge in [-0.25, -0.2) is 0 Å². The van der Waals surface area contributed by atoms with Gasteiger partial charge in [0.05, 0.1) is 0 Å². The number of benzene rings is 1. The van der Waals surface area contributed by atoms with Crippen LogP contribution in [0.5, 0.6) is 0 Å². The number of carbonyl (C=O) groups excluding carboxylic acids is 1. The van der Waals surface area contributed by atoms with E-state index in [1.54, 1.807) is 12.1 Å². The Balaban J connectivity index is 2.75. The first-order valence-electron chi connectivity index (χ1n) is 4.16. The monoisotopic (exact) mass is 197 g/mol. The second-order valence-electron chi connectivity index (χ2n) is 3.15. The van der Waals surface area contributed by atoms with Crippen LogP contribution < -0.4 is 5.32 Å². The summed E-state index contributed by atoms with van der Waals surface area (Å²) in [6, 6.07) is 7.49. The summed E-state index contributed by atoms with van der Waals surface area (Å²) in [7, 11) is 0. The van der Waals surface area contributed by atoms with Crippen LogP contribution in [0, 0.1) is 0 Å². The van der Waals surface area contributed by atoms with Gasteiger partial charge in [-0.1, -0.05) is 0 Å². The molecular formula is C10H12ClNO. The first kappa shape index (κ1) is 10.1. The normalized spacial score (nSPS) is 10.2. The molecule has 2 nitrogen and oxygen atoms in total. The van der Waals surface area contributed by atoms with Gasteiger partial charge in [-0.05, 0) is 49.7 Å². The summed E-state index contributed by atoms with van der Waals surface area (Å²) >= 11 is 5.30. The lowest BCUT2D eigenvalue weighted by molar-refractivity contribution is 0.108. The molecule has 0 fully saturated rings. The van der Waals surface area contributed by atoms with E-state index in [0.717, 1.165) is 5.69 Å². The first-order valence-corrected chi connectivity index (χ1v) is 4.54. The summed E-state index contributed by atoms with van der Waals surface area (Å²) in [5, 5.41) is 2.80. The number of hydrogen-bond acceptors (Lipinski definition) is 2. The van der Waals surface area contributed by atoms with E-state index in [0.29, 0.717) is 11.6 Å². The van der Waals surface area contributed by atoms with Crippen LogP contribution in [0.15, 0.2) is 24.3 Å². The van der Waals surface area contributed by atoms with Gasteiger partial charge >= 0.3 is 0 Å². The molecule has 0 aliphatic carbocycles. The molecule has 70 valence electrons. The lowest BCUT2D eigenvalue weighted by Gasteiger charge is -2.09. The lowest BCUT2D eigenvalue weighted by atomic mass is 10.2. The Hall–Kier alpha value is -1.02. The van der Waals surface area contributed by atoms with E-state index in [1.165, 1.54) is 0 Å². The van der Waals surface area contributed by atoms with Crippen LogP contribution in [0.2, 0.25) is 0 Å². The SMILES string of the molecule is CC(C)Nc1ccc(C(=O)Cl)cc1. The van der Waals surface area contributed by atoms with Gasteiger partial charge in [-0.2, -0.15) is 0 Å². The molecule has 0 spiro atoms. The fourth-order valence-corrected chi connectivity index (χ4v) is 1.16. The average molecular weight is 198 g/mol. The fourth-order valence-electron chi connectivity index (χ4n) is 1.03. The molecular weight excluding hydrogens is 186 g/mol. The van der Waals surface area contributed by atoms with Crippen LogP contribution in [-0.4, -0.2) is 11.3 Å². The smallest absolute Gasteiger partial charge is 0.252 e. The van der Waals surface area contributed by atoms with Crippen molar-refractivity contribution in [1.82, 2.24) is 0 Å². The van der Waals surface area contributed by atoms with Crippen molar-refractivity contribution in [1.29, 1.82) is 0 Å². The zero-order chi connectivity index (χ0) is 9.84. The Morgan fingerprint density at radius 3 is 2.23 bits per heavy atom. The quantitative estimate of drug-likeness (QED) is 0.755. The maximum Gasteiger partial charge on any atom is 0.252 e. The molecule has 0 saturated carbocycles. The number of nitrogens with one attached hydrogen (secondary N) is 1. The van der Waals surface area contributed by atoms with Crippen molar-refractivity contribution < 1.29 is 4.79 Å². The number of carbonyl (C=O) groups is 1. The highest BCUT2D eigenvalue weighted by atomic mass is 35.5. The predicted molar refractivity (Wildman–Crippen MR) is 55.4 cm³/mol. The second kappa shape index (κ2) is 4.28. The van der Waals surface area contributed by atoms with Crippen molar-refractivity contribution >= 4 is 22.5 Å². The van der Waals surface area contributed by atoms with Gasteiger partial charge in [0.25, 0.3) is 5.24 Å². The van der Waals surface area contributed by atoms with E-state index in [2.05, 4.69) is 19.2 Å². The molecule has 0 saturated heterocycles. The van der Waals surface area contributed by atoms with Crippen molar-refractivity contribution in [2.24, 2.45) is 0 Å². The van der Waals surface area contributed by atoms with Crippen LogP contribution in [-0.2, 0) is 0 Å². The fraction of sp³-hybridized carbons (Fsp3) is 0.300. The van der Waals surface area contributed by atoms with Crippen LogP contribution >= 0.6 is 11.6 Å². The van der Waals surface area contributed by atoms with Crippen LogP contribution in [0.25, 0.3) is 0 Å². The minimum atomic E-state index is -0.420. The van der Waals surface area contributed by atoms with E-state index in [-0.39, 0.29) is 0 Å². The Morgan fingerprint density at radius 1 is 1.31 bits per heavy atom. The number of rotatable bonds is 3. The van der Waals surface area contributed by atoms with Gasteiger partial charge < -0.3 is 5.32 Å². The molecule has 1 N–H and O–H groups in total. The topological polar surface area (TPSA) is 29.1 Å². The molecule has 13 heavy (non-hydrogen) atoms. The predicted octanol–water partition coefficient (Wildman–Crippen LogP) is 2.89. The van der Waals surface area contributed by atoms with Gasteiger partial charge in [0, 0.05) is 17.3 Å². The Bertz CT molecular complexity index is 292. The number of hydrogen-bond donors (Lipinski definition) is 1. The molecule has 0 aromatic heterocycles. The van der Waals surface area contributed by atoms with E-state index in [9.17, 15) is 4.79 Å². The second-order valence-corrected chi connectivity index (χ2v) is 3.49. The number of halogens is 1. The molecule has 0 aliphatic heterocycles. The molecule has 0 amide bonds. The Kier molecular flexibility index (Phi) is 3.32. The van der Waals surface area contributed by atoms with E-state index in [4.69, 9.17) is 11.6 Å². The van der Waals surface area contributed by atoms with Crippen molar-refractivity contribution in [2.45, 2.75) is 19.9 Å². The van der Waals surface area contributed by atoms with Gasteiger partial charge in [0.2, 0.25) is 0 Å². The van der Waals surface area contributed by atoms with E-state index >= 15 is 0 Å². The van der Waals surface area contributed by atoms with Crippen LogP contribution in [0.1, 0.15) is 24.2 Å². The van der Waals surface area contributed by atoms with Crippen LogP contribution in [0.4, 0.5) is 5.69 Å². The third kappa shape index (κ3) is 3.07. The standard InChI is InChI=1S/C10H12ClNO/c1-7(2)12-9-5-3-8(4-6-9)10(11)13/h3-7,12H,1-2H3. The Labute approximate surface area is 82.9 Å². The maximum absolute atomic E-state index is 10.7. The zero-order valence-corrected chi connectivity index (χ0v) is 8.43. The van der Waals surface area contributed by atoms with E-state index < -0.39 is 5.24 Å². The summed E-state index contributed by atoms with van der Waals surface area (Å²) in [4.78, 5) is 10.7. The molecule has 0 aliphatic rings. The molecule has 0 radical (unpaired) electrons. The molecule has 0 unspecified atom stereocenters. The maximum atomic E-state index is 10.7. The zero-order valence-electron chi connectivity index (χ0n) is 7.67. The summed E-state index contributed by atoms with van der Waals surface area (Å²) in [6.45, 7) is 4.11. The molecule has 3 heteroatoms. The molecule has 1 rings (SSSR count). The highest BCUT2D eigenvalue weighted by Crippen LogP contribution is 2.11.